The topological polar surface area (TPSA) is 12.0 Å². The lowest BCUT2D eigenvalue weighted by atomic mass is 10.0. The van der Waals surface area contributed by atoms with E-state index in [1.54, 1.807) is 23.3 Å². The molecule has 0 aliphatic heterocycles. The highest BCUT2D eigenvalue weighted by Crippen LogP contribution is 2.20. The lowest BCUT2D eigenvalue weighted by molar-refractivity contribution is 0.789. The van der Waals surface area contributed by atoms with Crippen molar-refractivity contribution >= 4 is 36.6 Å². The molecule has 1 aromatic rings. The lowest BCUT2D eigenvalue weighted by Crippen LogP contribution is -2.16. The molecule has 1 N–H and O–H groups in total. The minimum atomic E-state index is 0.267. The third-order valence-electron chi connectivity index (χ3n) is 1.30. The zero-order chi connectivity index (χ0) is 9.90. The van der Waals surface area contributed by atoms with Crippen LogP contribution in [0.4, 0.5) is 0 Å². The van der Waals surface area contributed by atoms with E-state index in [1.165, 1.54) is 4.88 Å². The van der Waals surface area contributed by atoms with Crippen molar-refractivity contribution < 1.29 is 0 Å². The van der Waals surface area contributed by atoms with E-state index in [0.717, 1.165) is 12.0 Å². The molecule has 0 aliphatic carbocycles. The Morgan fingerprint density at radius 1 is 1.54 bits per heavy atom. The number of nitrogens with one attached hydrogen (secondary N) is 1. The first kappa shape index (κ1) is 11.2. The molecule has 13 heavy (non-hydrogen) atoms. The quantitative estimate of drug-likeness (QED) is 0.606. The van der Waals surface area contributed by atoms with Crippen LogP contribution in [0.1, 0.15) is 25.6 Å². The average Bonchev–Trinajstić information content (AvgIpc) is 2.33. The molecule has 0 spiro atoms. The third kappa shape index (κ3) is 4.74. The van der Waals surface area contributed by atoms with Crippen LogP contribution in [0.3, 0.4) is 0 Å². The molecule has 1 heterocycles. The predicted octanol–water partition coefficient (Wildman–Crippen LogP) is 2.08. The van der Waals surface area contributed by atoms with Crippen molar-refractivity contribution in [1.29, 1.82) is 0 Å². The van der Waals surface area contributed by atoms with Gasteiger partial charge in [-0.1, -0.05) is 23.5 Å². The van der Waals surface area contributed by atoms with Gasteiger partial charge in [-0.25, -0.2) is 0 Å². The summed E-state index contributed by atoms with van der Waals surface area (Å²) in [7, 11) is 5.61. The van der Waals surface area contributed by atoms with Crippen LogP contribution in [0.25, 0.3) is 0 Å². The summed E-state index contributed by atoms with van der Waals surface area (Å²) in [5.41, 5.74) is 0.863. The number of thiophene rings is 1. The van der Waals surface area contributed by atoms with E-state index in [9.17, 15) is 0 Å². The highest BCUT2D eigenvalue weighted by atomic mass is 32.2. The van der Waals surface area contributed by atoms with Gasteiger partial charge in [-0.05, 0) is 26.2 Å². The first-order valence-electron chi connectivity index (χ1n) is 4.21. The summed E-state index contributed by atoms with van der Waals surface area (Å²) < 4.78 is 3.59. The van der Waals surface area contributed by atoms with Crippen LogP contribution in [0, 0.1) is 0 Å². The normalized spacial score (nSPS) is 11.9. The van der Waals surface area contributed by atoms with Crippen LogP contribution < -0.4 is 10.2 Å². The van der Waals surface area contributed by atoms with Gasteiger partial charge in [-0.3, -0.25) is 4.72 Å². The molecule has 0 saturated carbocycles. The number of hydrogen-bond donors (Lipinski definition) is 1. The van der Waals surface area contributed by atoms with Crippen LogP contribution in [-0.4, -0.2) is 12.6 Å². The van der Waals surface area contributed by atoms with Crippen LogP contribution in [0.2, 0.25) is 0 Å². The molecule has 0 bridgehead atoms. The Hall–Kier alpha value is 0.0749. The molecule has 0 aromatic carbocycles. The molecule has 70 valence electrons. The second-order valence-electron chi connectivity index (χ2n) is 3.88. The molecule has 1 nitrogen and oxygen atoms in total. The summed E-state index contributed by atoms with van der Waals surface area (Å²) in [6, 6.07) is 2.01. The summed E-state index contributed by atoms with van der Waals surface area (Å²) in [6.07, 6.45) is 0. The Bertz CT molecular complexity index is 265. The Morgan fingerprint density at radius 3 is 2.69 bits per heavy atom. The molecule has 4 heteroatoms. The summed E-state index contributed by atoms with van der Waals surface area (Å²) in [6.45, 7) is 7.46. The molecule has 0 atom stereocenters. The standard InChI is InChI=1S/C9H14BNS2/c1-9(2,3)13-11-5-8-4-7(10)6-12-8/h4,6,11H,5H2,1-3H3. The smallest absolute Gasteiger partial charge is 0.114 e. The van der Waals surface area contributed by atoms with Crippen LogP contribution in [0.15, 0.2) is 11.4 Å². The summed E-state index contributed by atoms with van der Waals surface area (Å²) >= 11 is 3.45. The fourth-order valence-corrected chi connectivity index (χ4v) is 2.28. The Kier molecular flexibility index (Phi) is 3.89. The van der Waals surface area contributed by atoms with Gasteiger partial charge in [0, 0.05) is 16.2 Å². The van der Waals surface area contributed by atoms with E-state index in [4.69, 9.17) is 7.85 Å². The van der Waals surface area contributed by atoms with Gasteiger partial charge < -0.3 is 0 Å². The van der Waals surface area contributed by atoms with Gasteiger partial charge in [0.05, 0.1) is 0 Å². The van der Waals surface area contributed by atoms with Gasteiger partial charge >= 0.3 is 0 Å². The Balaban J connectivity index is 2.28. The molecule has 0 amide bonds. The van der Waals surface area contributed by atoms with Crippen molar-refractivity contribution in [1.82, 2.24) is 4.72 Å². The van der Waals surface area contributed by atoms with Crippen LogP contribution in [-0.2, 0) is 6.54 Å². The Labute approximate surface area is 89.9 Å². The fraction of sp³-hybridized carbons (Fsp3) is 0.556. The van der Waals surface area contributed by atoms with Crippen molar-refractivity contribution in [2.45, 2.75) is 32.1 Å². The molecule has 1 rings (SSSR count). The molecule has 0 saturated heterocycles. The van der Waals surface area contributed by atoms with E-state index in [1.807, 2.05) is 11.4 Å². The Morgan fingerprint density at radius 2 is 2.23 bits per heavy atom. The van der Waals surface area contributed by atoms with Crippen molar-refractivity contribution in [2.24, 2.45) is 0 Å². The summed E-state index contributed by atoms with van der Waals surface area (Å²) in [5.74, 6) is 0. The van der Waals surface area contributed by atoms with E-state index in [2.05, 4.69) is 25.5 Å². The zero-order valence-electron chi connectivity index (χ0n) is 8.26. The van der Waals surface area contributed by atoms with Crippen molar-refractivity contribution in [3.05, 3.63) is 16.3 Å². The highest BCUT2D eigenvalue weighted by molar-refractivity contribution is 7.98. The first-order valence-corrected chi connectivity index (χ1v) is 5.91. The fourth-order valence-electron chi connectivity index (χ4n) is 0.814. The van der Waals surface area contributed by atoms with E-state index in [0.29, 0.717) is 0 Å². The van der Waals surface area contributed by atoms with Crippen molar-refractivity contribution in [2.75, 3.05) is 0 Å². The van der Waals surface area contributed by atoms with Crippen LogP contribution in [0.5, 0.6) is 0 Å². The van der Waals surface area contributed by atoms with Crippen molar-refractivity contribution in [3.63, 3.8) is 0 Å². The molecule has 0 fully saturated rings. The maximum Gasteiger partial charge on any atom is 0.114 e. The van der Waals surface area contributed by atoms with Crippen LogP contribution >= 0.6 is 23.3 Å². The lowest BCUT2D eigenvalue weighted by Gasteiger charge is -2.17. The maximum absolute atomic E-state index is 5.61. The van der Waals surface area contributed by atoms with E-state index in [-0.39, 0.29) is 4.75 Å². The number of hydrogen-bond acceptors (Lipinski definition) is 3. The van der Waals surface area contributed by atoms with Gasteiger partial charge in [-0.2, -0.15) is 0 Å². The van der Waals surface area contributed by atoms with Gasteiger partial charge in [0.2, 0.25) is 0 Å². The second kappa shape index (κ2) is 4.53. The third-order valence-corrected chi connectivity index (χ3v) is 3.15. The summed E-state index contributed by atoms with van der Waals surface area (Å²) in [5, 5.41) is 1.97. The molecular formula is C9H14BNS2. The molecule has 0 unspecified atom stereocenters. The SMILES string of the molecule is [B]c1csc(CNSC(C)(C)C)c1. The van der Waals surface area contributed by atoms with Gasteiger partial charge in [-0.15, -0.1) is 11.3 Å². The zero-order valence-corrected chi connectivity index (χ0v) is 9.89. The number of rotatable bonds is 3. The largest absolute Gasteiger partial charge is 0.258 e. The average molecular weight is 211 g/mol. The van der Waals surface area contributed by atoms with Gasteiger partial charge in [0.25, 0.3) is 0 Å². The molecule has 1 aromatic heterocycles. The van der Waals surface area contributed by atoms with Crippen molar-refractivity contribution in [3.8, 4) is 0 Å². The van der Waals surface area contributed by atoms with Gasteiger partial charge in [0.15, 0.2) is 0 Å². The van der Waals surface area contributed by atoms with Gasteiger partial charge in [0.1, 0.15) is 7.85 Å². The molecule has 2 radical (unpaired) electrons. The summed E-state index contributed by atoms with van der Waals surface area (Å²) in [4.78, 5) is 1.29. The molecular weight excluding hydrogens is 197 g/mol. The minimum absolute atomic E-state index is 0.267. The monoisotopic (exact) mass is 211 g/mol. The minimum Gasteiger partial charge on any atom is -0.258 e. The molecule has 0 aliphatic rings. The first-order chi connectivity index (χ1) is 5.97. The van der Waals surface area contributed by atoms with E-state index >= 15 is 0 Å². The second-order valence-corrected chi connectivity index (χ2v) is 6.60. The maximum atomic E-state index is 5.61. The predicted molar refractivity (Wildman–Crippen MR) is 63.9 cm³/mol. The van der Waals surface area contributed by atoms with E-state index < -0.39 is 0 Å². The highest BCUT2D eigenvalue weighted by Gasteiger charge is 2.09.